The van der Waals surface area contributed by atoms with Crippen molar-refractivity contribution in [2.24, 2.45) is 0 Å². The highest BCUT2D eigenvalue weighted by Gasteiger charge is 2.20. The van der Waals surface area contributed by atoms with Gasteiger partial charge in [-0.05, 0) is 32.1 Å². The molecular formula is C52H101NO4. The second-order valence-electron chi connectivity index (χ2n) is 17.8. The predicted octanol–water partition coefficient (Wildman–Crippen LogP) is 15.3. The molecule has 0 heterocycles. The average molecular weight is 804 g/mol. The van der Waals surface area contributed by atoms with Crippen LogP contribution in [0.25, 0.3) is 0 Å². The van der Waals surface area contributed by atoms with Crippen molar-refractivity contribution in [3.63, 3.8) is 0 Å². The van der Waals surface area contributed by atoms with Gasteiger partial charge in [-0.15, -0.1) is 0 Å². The van der Waals surface area contributed by atoms with Gasteiger partial charge in [-0.1, -0.05) is 263 Å². The van der Waals surface area contributed by atoms with Crippen LogP contribution < -0.4 is 5.32 Å². The van der Waals surface area contributed by atoms with E-state index in [0.717, 1.165) is 32.1 Å². The molecule has 1 amide bonds. The van der Waals surface area contributed by atoms with E-state index >= 15 is 0 Å². The molecule has 5 nitrogen and oxygen atoms in total. The predicted molar refractivity (Wildman–Crippen MR) is 250 cm³/mol. The first-order valence-electron chi connectivity index (χ1n) is 25.6. The SMILES string of the molecule is CCCCCCCCCCCCCCCCCC/C=C/CC/C=C/C(O)C(CO)NC(=O)CC(O)CCCCCCCCCCCCCCCCCCCCCC. The largest absolute Gasteiger partial charge is 0.394 e. The second kappa shape index (κ2) is 47.5. The molecule has 3 atom stereocenters. The first kappa shape index (κ1) is 55.8. The summed E-state index contributed by atoms with van der Waals surface area (Å²) in [6.07, 6.45) is 59.2. The fraction of sp³-hybridized carbons (Fsp3) is 0.904. The van der Waals surface area contributed by atoms with Gasteiger partial charge in [-0.2, -0.15) is 0 Å². The zero-order valence-electron chi connectivity index (χ0n) is 38.5. The summed E-state index contributed by atoms with van der Waals surface area (Å²) in [4.78, 5) is 12.5. The molecule has 4 N–H and O–H groups in total. The fourth-order valence-corrected chi connectivity index (χ4v) is 8.06. The maximum absolute atomic E-state index is 12.5. The summed E-state index contributed by atoms with van der Waals surface area (Å²) in [5.74, 6) is -0.320. The van der Waals surface area contributed by atoms with Crippen molar-refractivity contribution >= 4 is 5.91 Å². The zero-order valence-corrected chi connectivity index (χ0v) is 38.5. The van der Waals surface area contributed by atoms with Crippen LogP contribution in [0.1, 0.15) is 277 Å². The molecule has 0 spiro atoms. The highest BCUT2D eigenvalue weighted by molar-refractivity contribution is 5.76. The molecule has 0 radical (unpaired) electrons. The lowest BCUT2D eigenvalue weighted by Gasteiger charge is -2.21. The summed E-state index contributed by atoms with van der Waals surface area (Å²) < 4.78 is 0. The van der Waals surface area contributed by atoms with Gasteiger partial charge in [-0.25, -0.2) is 0 Å². The zero-order chi connectivity index (χ0) is 41.5. The molecule has 0 aliphatic carbocycles. The van der Waals surface area contributed by atoms with Gasteiger partial charge in [0.25, 0.3) is 0 Å². The third-order valence-electron chi connectivity index (χ3n) is 12.0. The van der Waals surface area contributed by atoms with Crippen molar-refractivity contribution in [2.45, 2.75) is 295 Å². The molecule has 0 aliphatic rings. The number of unbranched alkanes of at least 4 members (excludes halogenated alkanes) is 36. The summed E-state index contributed by atoms with van der Waals surface area (Å²) in [5.41, 5.74) is 0. The quantitative estimate of drug-likeness (QED) is 0.0364. The lowest BCUT2D eigenvalue weighted by Crippen LogP contribution is -2.45. The van der Waals surface area contributed by atoms with Crippen LogP contribution in [-0.2, 0) is 4.79 Å². The van der Waals surface area contributed by atoms with Gasteiger partial charge in [0, 0.05) is 0 Å². The van der Waals surface area contributed by atoms with Gasteiger partial charge in [0.15, 0.2) is 0 Å². The van der Waals surface area contributed by atoms with Crippen LogP contribution in [-0.4, -0.2) is 46.1 Å². The summed E-state index contributed by atoms with van der Waals surface area (Å²) in [5, 5.41) is 33.4. The number of amides is 1. The smallest absolute Gasteiger partial charge is 0.222 e. The van der Waals surface area contributed by atoms with Crippen LogP contribution in [0.5, 0.6) is 0 Å². The van der Waals surface area contributed by atoms with Crippen LogP contribution in [0, 0.1) is 0 Å². The van der Waals surface area contributed by atoms with Crippen molar-refractivity contribution in [3.05, 3.63) is 24.3 Å². The molecule has 5 heteroatoms. The van der Waals surface area contributed by atoms with Gasteiger partial charge in [0.2, 0.25) is 5.91 Å². The van der Waals surface area contributed by atoms with Crippen LogP contribution in [0.15, 0.2) is 24.3 Å². The lowest BCUT2D eigenvalue weighted by atomic mass is 10.0. The Kier molecular flexibility index (Phi) is 46.5. The van der Waals surface area contributed by atoms with E-state index in [4.69, 9.17) is 0 Å². The van der Waals surface area contributed by atoms with Crippen molar-refractivity contribution in [1.29, 1.82) is 0 Å². The summed E-state index contributed by atoms with van der Waals surface area (Å²) in [7, 11) is 0. The van der Waals surface area contributed by atoms with Crippen LogP contribution in [0.3, 0.4) is 0 Å². The number of aliphatic hydroxyl groups excluding tert-OH is 3. The summed E-state index contributed by atoms with van der Waals surface area (Å²) in [6, 6.07) is -0.758. The standard InChI is InChI=1S/C52H101NO4/c1-3-5-7-9-11-13-15-17-19-21-23-25-26-28-30-32-34-36-38-40-42-44-46-51(56)50(48-54)53-52(57)47-49(55)45-43-41-39-37-35-33-31-29-27-24-22-20-18-16-14-12-10-8-6-4-2/h36,38,44,46,49-51,54-56H,3-35,37,39-43,45,47-48H2,1-2H3,(H,53,57)/b38-36+,46-44+. The maximum atomic E-state index is 12.5. The molecule has 0 aromatic rings. The van der Waals surface area contributed by atoms with E-state index in [9.17, 15) is 20.1 Å². The number of aliphatic hydroxyl groups is 3. The summed E-state index contributed by atoms with van der Waals surface area (Å²) in [6.45, 7) is 4.23. The van der Waals surface area contributed by atoms with Crippen LogP contribution >= 0.6 is 0 Å². The van der Waals surface area contributed by atoms with Crippen molar-refractivity contribution in [3.8, 4) is 0 Å². The number of carbonyl (C=O) groups is 1. The Bertz CT molecular complexity index is 844. The number of nitrogens with one attached hydrogen (secondary N) is 1. The van der Waals surface area contributed by atoms with Gasteiger partial charge in [0.05, 0.1) is 31.3 Å². The monoisotopic (exact) mass is 804 g/mol. The minimum absolute atomic E-state index is 0.0102. The fourth-order valence-electron chi connectivity index (χ4n) is 8.06. The third-order valence-corrected chi connectivity index (χ3v) is 12.0. The Morgan fingerprint density at radius 2 is 0.754 bits per heavy atom. The third kappa shape index (κ3) is 44.2. The highest BCUT2D eigenvalue weighted by atomic mass is 16.3. The van der Waals surface area contributed by atoms with E-state index in [-0.39, 0.29) is 18.9 Å². The molecule has 0 saturated heterocycles. The molecule has 57 heavy (non-hydrogen) atoms. The van der Waals surface area contributed by atoms with Gasteiger partial charge >= 0.3 is 0 Å². The number of allylic oxidation sites excluding steroid dienone is 3. The Balaban J connectivity index is 3.62. The van der Waals surface area contributed by atoms with Crippen molar-refractivity contribution in [1.82, 2.24) is 5.32 Å². The van der Waals surface area contributed by atoms with E-state index in [1.165, 1.54) is 218 Å². The minimum atomic E-state index is -0.949. The van der Waals surface area contributed by atoms with E-state index in [1.54, 1.807) is 6.08 Å². The normalized spacial score (nSPS) is 13.6. The van der Waals surface area contributed by atoms with Gasteiger partial charge in [0.1, 0.15) is 0 Å². The topological polar surface area (TPSA) is 89.8 Å². The molecular weight excluding hydrogens is 703 g/mol. The summed E-state index contributed by atoms with van der Waals surface area (Å²) >= 11 is 0. The number of carbonyl (C=O) groups excluding carboxylic acids is 1. The average Bonchev–Trinajstić information content (AvgIpc) is 3.20. The number of rotatable bonds is 47. The highest BCUT2D eigenvalue weighted by Crippen LogP contribution is 2.17. The molecule has 3 unspecified atom stereocenters. The van der Waals surface area contributed by atoms with Crippen molar-refractivity contribution < 1.29 is 20.1 Å². The minimum Gasteiger partial charge on any atom is -0.394 e. The van der Waals surface area contributed by atoms with E-state index in [1.807, 2.05) is 6.08 Å². The first-order valence-corrected chi connectivity index (χ1v) is 25.6. The van der Waals surface area contributed by atoms with Crippen molar-refractivity contribution in [2.75, 3.05) is 6.61 Å². The van der Waals surface area contributed by atoms with Gasteiger partial charge < -0.3 is 20.6 Å². The Hall–Kier alpha value is -1.17. The Morgan fingerprint density at radius 1 is 0.439 bits per heavy atom. The second-order valence-corrected chi connectivity index (χ2v) is 17.8. The van der Waals surface area contributed by atoms with E-state index in [0.29, 0.717) is 6.42 Å². The molecule has 0 bridgehead atoms. The molecule has 0 saturated carbocycles. The molecule has 0 aliphatic heterocycles. The van der Waals surface area contributed by atoms with Crippen LogP contribution in [0.4, 0.5) is 0 Å². The Labute approximate surface area is 356 Å². The van der Waals surface area contributed by atoms with E-state index < -0.39 is 18.2 Å². The molecule has 0 aromatic heterocycles. The van der Waals surface area contributed by atoms with Gasteiger partial charge in [-0.3, -0.25) is 4.79 Å². The number of hydrogen-bond donors (Lipinski definition) is 4. The van der Waals surface area contributed by atoms with E-state index in [2.05, 4.69) is 31.3 Å². The molecule has 0 aromatic carbocycles. The molecule has 0 fully saturated rings. The van der Waals surface area contributed by atoms with Crippen LogP contribution in [0.2, 0.25) is 0 Å². The maximum Gasteiger partial charge on any atom is 0.222 e. The lowest BCUT2D eigenvalue weighted by molar-refractivity contribution is -0.124. The Morgan fingerprint density at radius 3 is 1.12 bits per heavy atom. The first-order chi connectivity index (χ1) is 28.0. The molecule has 0 rings (SSSR count). The molecule has 338 valence electrons. The number of hydrogen-bond acceptors (Lipinski definition) is 4.